The maximum Gasteiger partial charge on any atom is 0.305 e. The minimum absolute atomic E-state index is 0.0778. The van der Waals surface area contributed by atoms with Crippen LogP contribution in [0.15, 0.2) is 12.2 Å². The molecule has 0 saturated heterocycles. The van der Waals surface area contributed by atoms with Crippen molar-refractivity contribution < 1.29 is 9.53 Å². The third-order valence-electron chi connectivity index (χ3n) is 4.27. The van der Waals surface area contributed by atoms with E-state index in [-0.39, 0.29) is 5.97 Å². The van der Waals surface area contributed by atoms with Gasteiger partial charge in [0.2, 0.25) is 0 Å². The minimum atomic E-state index is -0.0778. The van der Waals surface area contributed by atoms with Crippen LogP contribution < -0.4 is 0 Å². The fourth-order valence-electron chi connectivity index (χ4n) is 2.73. The standard InChI is InChI=1S/C20H38O2/c1-4-5-6-7-10-13-16-19(2)17-14-11-8-9-12-15-18-20(21)22-3/h2,4-18H2,1,3H3. The van der Waals surface area contributed by atoms with Crippen molar-refractivity contribution in [3.8, 4) is 0 Å². The summed E-state index contributed by atoms with van der Waals surface area (Å²) in [6, 6.07) is 0. The van der Waals surface area contributed by atoms with Gasteiger partial charge in [-0.3, -0.25) is 4.79 Å². The van der Waals surface area contributed by atoms with Crippen LogP contribution in [0.25, 0.3) is 0 Å². The van der Waals surface area contributed by atoms with Crippen LogP contribution >= 0.6 is 0 Å². The van der Waals surface area contributed by atoms with Crippen molar-refractivity contribution in [2.45, 2.75) is 103 Å². The summed E-state index contributed by atoms with van der Waals surface area (Å²) in [6.45, 7) is 6.48. The molecule has 0 atom stereocenters. The molecule has 0 radical (unpaired) electrons. The van der Waals surface area contributed by atoms with Crippen molar-refractivity contribution in [1.82, 2.24) is 0 Å². The molecule has 0 aliphatic heterocycles. The number of hydrogen-bond donors (Lipinski definition) is 0. The van der Waals surface area contributed by atoms with Crippen LogP contribution in [0.5, 0.6) is 0 Å². The molecule has 0 aromatic rings. The molecule has 0 aromatic carbocycles. The van der Waals surface area contributed by atoms with Crippen molar-refractivity contribution in [2.24, 2.45) is 0 Å². The van der Waals surface area contributed by atoms with Crippen molar-refractivity contribution >= 4 is 5.97 Å². The molecule has 130 valence electrons. The zero-order valence-corrected chi connectivity index (χ0v) is 15.1. The summed E-state index contributed by atoms with van der Waals surface area (Å²) in [5.41, 5.74) is 1.45. The second-order valence-corrected chi connectivity index (χ2v) is 6.47. The molecular formula is C20H38O2. The number of carbonyl (C=O) groups is 1. The van der Waals surface area contributed by atoms with Gasteiger partial charge in [0.05, 0.1) is 7.11 Å². The van der Waals surface area contributed by atoms with Gasteiger partial charge in [-0.05, 0) is 32.1 Å². The highest BCUT2D eigenvalue weighted by molar-refractivity contribution is 5.68. The van der Waals surface area contributed by atoms with Crippen LogP contribution in [0.1, 0.15) is 103 Å². The average molecular weight is 311 g/mol. The Morgan fingerprint density at radius 1 is 0.727 bits per heavy atom. The highest BCUT2D eigenvalue weighted by Crippen LogP contribution is 2.17. The monoisotopic (exact) mass is 310 g/mol. The lowest BCUT2D eigenvalue weighted by Gasteiger charge is -2.06. The molecule has 0 aliphatic carbocycles. The molecule has 2 heteroatoms. The van der Waals surface area contributed by atoms with Gasteiger partial charge in [0.1, 0.15) is 0 Å². The Balaban J connectivity index is 3.20. The van der Waals surface area contributed by atoms with E-state index in [1.54, 1.807) is 0 Å². The smallest absolute Gasteiger partial charge is 0.305 e. The summed E-state index contributed by atoms with van der Waals surface area (Å²) in [7, 11) is 1.46. The molecule has 0 spiro atoms. The predicted molar refractivity (Wildman–Crippen MR) is 96.1 cm³/mol. The van der Waals surface area contributed by atoms with E-state index in [1.165, 1.54) is 89.7 Å². The fraction of sp³-hybridized carbons (Fsp3) is 0.850. The quantitative estimate of drug-likeness (QED) is 0.183. The van der Waals surface area contributed by atoms with Crippen molar-refractivity contribution in [3.05, 3.63) is 12.2 Å². The van der Waals surface area contributed by atoms with Crippen molar-refractivity contribution in [3.63, 3.8) is 0 Å². The lowest BCUT2D eigenvalue weighted by Crippen LogP contribution is -1.99. The molecule has 22 heavy (non-hydrogen) atoms. The number of carbonyl (C=O) groups excluding carboxylic acids is 1. The summed E-state index contributed by atoms with van der Waals surface area (Å²) in [5.74, 6) is -0.0778. The van der Waals surface area contributed by atoms with Crippen LogP contribution in [0, 0.1) is 0 Å². The normalized spacial score (nSPS) is 10.6. The number of hydrogen-bond acceptors (Lipinski definition) is 2. The molecule has 0 heterocycles. The molecule has 2 nitrogen and oxygen atoms in total. The van der Waals surface area contributed by atoms with Crippen LogP contribution in [0.2, 0.25) is 0 Å². The zero-order valence-electron chi connectivity index (χ0n) is 15.1. The van der Waals surface area contributed by atoms with E-state index in [0.29, 0.717) is 6.42 Å². The third kappa shape index (κ3) is 15.6. The number of allylic oxidation sites excluding steroid dienone is 1. The van der Waals surface area contributed by atoms with Crippen LogP contribution in [-0.4, -0.2) is 13.1 Å². The van der Waals surface area contributed by atoms with Gasteiger partial charge < -0.3 is 4.74 Å². The van der Waals surface area contributed by atoms with Gasteiger partial charge >= 0.3 is 5.97 Å². The number of rotatable bonds is 16. The highest BCUT2D eigenvalue weighted by atomic mass is 16.5. The Bertz CT molecular complexity index is 271. The van der Waals surface area contributed by atoms with Gasteiger partial charge in [-0.25, -0.2) is 0 Å². The Hall–Kier alpha value is -0.790. The van der Waals surface area contributed by atoms with Crippen LogP contribution in [-0.2, 0) is 9.53 Å². The van der Waals surface area contributed by atoms with E-state index in [0.717, 1.165) is 12.8 Å². The van der Waals surface area contributed by atoms with Gasteiger partial charge in [0, 0.05) is 6.42 Å². The largest absolute Gasteiger partial charge is 0.469 e. The van der Waals surface area contributed by atoms with Gasteiger partial charge in [0.25, 0.3) is 0 Å². The number of unbranched alkanes of at least 4 members (excludes halogenated alkanes) is 10. The van der Waals surface area contributed by atoms with Crippen LogP contribution in [0.3, 0.4) is 0 Å². The molecule has 0 rings (SSSR count). The lowest BCUT2D eigenvalue weighted by molar-refractivity contribution is -0.140. The molecule has 0 fully saturated rings. The maximum absolute atomic E-state index is 10.9. The van der Waals surface area contributed by atoms with Gasteiger partial charge in [0.15, 0.2) is 0 Å². The first-order valence-corrected chi connectivity index (χ1v) is 9.44. The van der Waals surface area contributed by atoms with Gasteiger partial charge in [-0.15, -0.1) is 0 Å². The van der Waals surface area contributed by atoms with Gasteiger partial charge in [-0.1, -0.05) is 76.9 Å². The van der Waals surface area contributed by atoms with E-state index >= 15 is 0 Å². The first-order chi connectivity index (χ1) is 10.7. The lowest BCUT2D eigenvalue weighted by atomic mass is 10.0. The fourth-order valence-corrected chi connectivity index (χ4v) is 2.73. The molecular weight excluding hydrogens is 272 g/mol. The number of ether oxygens (including phenoxy) is 1. The van der Waals surface area contributed by atoms with E-state index in [1.807, 2.05) is 0 Å². The minimum Gasteiger partial charge on any atom is -0.469 e. The molecule has 0 bridgehead atoms. The first kappa shape index (κ1) is 21.2. The predicted octanol–water partition coefficient (Wildman–Crippen LogP) is 6.59. The summed E-state index contributed by atoms with van der Waals surface area (Å²) >= 11 is 0. The summed E-state index contributed by atoms with van der Waals surface area (Å²) in [6.07, 6.45) is 18.4. The van der Waals surface area contributed by atoms with E-state index < -0.39 is 0 Å². The van der Waals surface area contributed by atoms with Gasteiger partial charge in [-0.2, -0.15) is 0 Å². The Labute approximate surface area is 138 Å². The molecule has 0 amide bonds. The second-order valence-electron chi connectivity index (χ2n) is 6.47. The van der Waals surface area contributed by atoms with E-state index in [9.17, 15) is 4.79 Å². The average Bonchev–Trinajstić information content (AvgIpc) is 2.52. The summed E-state index contributed by atoms with van der Waals surface area (Å²) in [4.78, 5) is 10.9. The zero-order chi connectivity index (χ0) is 16.5. The van der Waals surface area contributed by atoms with E-state index in [2.05, 4.69) is 18.2 Å². The molecule has 0 saturated carbocycles. The first-order valence-electron chi connectivity index (χ1n) is 9.44. The Morgan fingerprint density at radius 3 is 1.59 bits per heavy atom. The van der Waals surface area contributed by atoms with E-state index in [4.69, 9.17) is 0 Å². The second kappa shape index (κ2) is 16.6. The Morgan fingerprint density at radius 2 is 1.14 bits per heavy atom. The Kier molecular flexibility index (Phi) is 16.0. The summed E-state index contributed by atoms with van der Waals surface area (Å²) < 4.78 is 4.63. The molecule has 0 N–H and O–H groups in total. The van der Waals surface area contributed by atoms with Crippen molar-refractivity contribution in [1.29, 1.82) is 0 Å². The summed E-state index contributed by atoms with van der Waals surface area (Å²) in [5, 5.41) is 0. The number of esters is 1. The maximum atomic E-state index is 10.9. The van der Waals surface area contributed by atoms with Crippen molar-refractivity contribution in [2.75, 3.05) is 7.11 Å². The highest BCUT2D eigenvalue weighted by Gasteiger charge is 2.00. The topological polar surface area (TPSA) is 26.3 Å². The third-order valence-corrected chi connectivity index (χ3v) is 4.27. The molecule has 0 unspecified atom stereocenters. The number of methoxy groups -OCH3 is 1. The molecule has 0 aliphatic rings. The molecule has 0 aromatic heterocycles. The van der Waals surface area contributed by atoms with Crippen LogP contribution in [0.4, 0.5) is 0 Å². The SMILES string of the molecule is C=C(CCCCCCCC)CCCCCCCCC(=O)OC.